The van der Waals surface area contributed by atoms with E-state index >= 15 is 0 Å². The minimum atomic E-state index is 0.485. The van der Waals surface area contributed by atoms with Crippen LogP contribution in [0.5, 0.6) is 0 Å². The highest BCUT2D eigenvalue weighted by Crippen LogP contribution is 2.68. The highest BCUT2D eigenvalue weighted by atomic mass is 14.6. The van der Waals surface area contributed by atoms with Crippen molar-refractivity contribution in [1.29, 1.82) is 0 Å². The fourth-order valence-corrected chi connectivity index (χ4v) is 8.82. The number of allylic oxidation sites excluding steroid dienone is 2. The van der Waals surface area contributed by atoms with E-state index in [1.54, 1.807) is 0 Å². The van der Waals surface area contributed by atoms with Gasteiger partial charge in [0.2, 0.25) is 0 Å². The predicted molar refractivity (Wildman–Crippen MR) is 127 cm³/mol. The van der Waals surface area contributed by atoms with E-state index in [2.05, 4.69) is 61.5 Å². The lowest BCUT2D eigenvalue weighted by Crippen LogP contribution is -2.51. The Morgan fingerprint density at radius 1 is 0.966 bits per heavy atom. The van der Waals surface area contributed by atoms with Gasteiger partial charge in [0.1, 0.15) is 0 Å². The van der Waals surface area contributed by atoms with Gasteiger partial charge in [-0.2, -0.15) is 0 Å². The van der Waals surface area contributed by atoms with Gasteiger partial charge in [0.15, 0.2) is 0 Å². The molecule has 0 saturated heterocycles. The first-order chi connectivity index (χ1) is 13.4. The Labute approximate surface area is 182 Å². The van der Waals surface area contributed by atoms with Gasteiger partial charge in [0, 0.05) is 0 Å². The van der Waals surface area contributed by atoms with E-state index in [-0.39, 0.29) is 0 Å². The normalized spacial score (nSPS) is 45.0. The molecule has 0 aromatic rings. The molecule has 0 bridgehead atoms. The Hall–Kier alpha value is -0.260. The molecular formula is C29H50. The monoisotopic (exact) mass is 398 g/mol. The van der Waals surface area contributed by atoms with Gasteiger partial charge in [0.05, 0.1) is 0 Å². The molecule has 0 aromatic carbocycles. The molecule has 166 valence electrons. The molecule has 4 aliphatic rings. The van der Waals surface area contributed by atoms with E-state index in [1.807, 2.05) is 5.57 Å². The second-order valence-electron chi connectivity index (χ2n) is 14.4. The van der Waals surface area contributed by atoms with Gasteiger partial charge in [-0.15, -0.1) is 0 Å². The molecule has 0 N–H and O–H groups in total. The lowest BCUT2D eigenvalue weighted by Gasteiger charge is -2.59. The van der Waals surface area contributed by atoms with Crippen LogP contribution in [0.1, 0.15) is 120 Å². The van der Waals surface area contributed by atoms with E-state index in [1.165, 1.54) is 64.2 Å². The number of hydrogen-bond donors (Lipinski definition) is 0. The second-order valence-corrected chi connectivity index (χ2v) is 14.4. The molecule has 0 unspecified atom stereocenters. The van der Waals surface area contributed by atoms with Crippen LogP contribution in [0.4, 0.5) is 0 Å². The minimum Gasteiger partial charge on any atom is -0.0845 e. The summed E-state index contributed by atoms with van der Waals surface area (Å²) in [5.74, 6) is 4.82. The van der Waals surface area contributed by atoms with Crippen molar-refractivity contribution < 1.29 is 0 Å². The van der Waals surface area contributed by atoms with Crippen LogP contribution in [0.15, 0.2) is 11.6 Å². The van der Waals surface area contributed by atoms with Gasteiger partial charge in [-0.25, -0.2) is 0 Å². The molecule has 0 aromatic heterocycles. The zero-order valence-corrected chi connectivity index (χ0v) is 21.0. The van der Waals surface area contributed by atoms with E-state index in [4.69, 9.17) is 0 Å². The van der Waals surface area contributed by atoms with Crippen LogP contribution >= 0.6 is 0 Å². The van der Waals surface area contributed by atoms with Crippen LogP contribution in [0.3, 0.4) is 0 Å². The third kappa shape index (κ3) is 3.78. The zero-order valence-electron chi connectivity index (χ0n) is 21.0. The molecule has 29 heavy (non-hydrogen) atoms. The van der Waals surface area contributed by atoms with Gasteiger partial charge >= 0.3 is 0 Å². The summed E-state index contributed by atoms with van der Waals surface area (Å²) in [6, 6.07) is 0. The smallest absolute Gasteiger partial charge is 0.00849 e. The lowest BCUT2D eigenvalue weighted by atomic mass is 9.45. The standard InChI is InChI=1S/C29H50/c1-20(13-15-26(2,3)4)23-11-12-24-22-10-9-21-19-27(5,6)17-18-28(21,7)25(22)14-16-29(23,24)8/h9,20,22-25H,10-19H2,1-8H3/t20-,22+,23-,24+,25+,28+,29-/m1/s1. The van der Waals surface area contributed by atoms with Gasteiger partial charge in [-0.3, -0.25) is 0 Å². The first-order valence-electron chi connectivity index (χ1n) is 13.1. The van der Waals surface area contributed by atoms with Gasteiger partial charge in [-0.1, -0.05) is 67.0 Å². The van der Waals surface area contributed by atoms with Gasteiger partial charge < -0.3 is 0 Å². The fourth-order valence-electron chi connectivity index (χ4n) is 8.82. The summed E-state index contributed by atoms with van der Waals surface area (Å²) in [4.78, 5) is 0. The molecule has 3 saturated carbocycles. The van der Waals surface area contributed by atoms with Crippen LogP contribution in [-0.4, -0.2) is 0 Å². The van der Waals surface area contributed by atoms with Crippen molar-refractivity contribution in [2.75, 3.05) is 0 Å². The molecule has 7 atom stereocenters. The van der Waals surface area contributed by atoms with E-state index in [9.17, 15) is 0 Å². The molecule has 4 rings (SSSR count). The van der Waals surface area contributed by atoms with Crippen molar-refractivity contribution in [3.05, 3.63) is 11.6 Å². The maximum atomic E-state index is 2.75. The summed E-state index contributed by atoms with van der Waals surface area (Å²) in [6.45, 7) is 20.2. The molecule has 0 amide bonds. The van der Waals surface area contributed by atoms with Crippen molar-refractivity contribution in [3.63, 3.8) is 0 Å². The Balaban J connectivity index is 1.53. The average molecular weight is 399 g/mol. The Kier molecular flexibility index (Phi) is 5.40. The summed E-state index contributed by atoms with van der Waals surface area (Å²) in [7, 11) is 0. The van der Waals surface area contributed by atoms with Crippen molar-refractivity contribution in [2.24, 2.45) is 51.2 Å². The summed E-state index contributed by atoms with van der Waals surface area (Å²) < 4.78 is 0. The van der Waals surface area contributed by atoms with Crippen LogP contribution in [0.25, 0.3) is 0 Å². The topological polar surface area (TPSA) is 0 Å². The third-order valence-electron chi connectivity index (χ3n) is 10.7. The molecule has 0 heterocycles. The molecule has 0 spiro atoms. The maximum Gasteiger partial charge on any atom is -0.00849 e. The molecular weight excluding hydrogens is 348 g/mol. The van der Waals surface area contributed by atoms with Crippen molar-refractivity contribution >= 4 is 0 Å². The summed E-state index contributed by atoms with van der Waals surface area (Å²) >= 11 is 0. The van der Waals surface area contributed by atoms with Crippen molar-refractivity contribution in [3.8, 4) is 0 Å². The predicted octanol–water partition coefficient (Wildman–Crippen LogP) is 9.05. The van der Waals surface area contributed by atoms with E-state index in [0.29, 0.717) is 21.7 Å². The van der Waals surface area contributed by atoms with Crippen LogP contribution in [-0.2, 0) is 0 Å². The van der Waals surface area contributed by atoms with Crippen LogP contribution in [0, 0.1) is 51.2 Å². The molecule has 4 aliphatic carbocycles. The van der Waals surface area contributed by atoms with Crippen LogP contribution in [0.2, 0.25) is 0 Å². The Bertz CT molecular complexity index is 645. The summed E-state index contributed by atoms with van der Waals surface area (Å²) in [5, 5.41) is 0. The first-order valence-corrected chi connectivity index (χ1v) is 13.1. The molecule has 0 nitrogen and oxygen atoms in total. The number of rotatable bonds is 3. The van der Waals surface area contributed by atoms with Crippen LogP contribution < -0.4 is 0 Å². The van der Waals surface area contributed by atoms with E-state index < -0.39 is 0 Å². The fraction of sp³-hybridized carbons (Fsp3) is 0.931. The molecule has 0 aliphatic heterocycles. The Morgan fingerprint density at radius 3 is 2.38 bits per heavy atom. The number of fused-ring (bicyclic) bond motifs is 5. The zero-order chi connectivity index (χ0) is 21.2. The number of hydrogen-bond acceptors (Lipinski definition) is 0. The maximum absolute atomic E-state index is 2.75. The first kappa shape index (κ1) is 22.0. The van der Waals surface area contributed by atoms with Gasteiger partial charge in [0.25, 0.3) is 0 Å². The summed E-state index contributed by atoms with van der Waals surface area (Å²) in [5.41, 5.74) is 4.01. The molecule has 0 heteroatoms. The lowest BCUT2D eigenvalue weighted by molar-refractivity contribution is -0.0567. The highest BCUT2D eigenvalue weighted by Gasteiger charge is 2.59. The second kappa shape index (κ2) is 7.13. The van der Waals surface area contributed by atoms with Gasteiger partial charge in [-0.05, 0) is 115 Å². The average Bonchev–Trinajstić information content (AvgIpc) is 2.97. The largest absolute Gasteiger partial charge is 0.0845 e. The molecule has 0 radical (unpaired) electrons. The molecule has 3 fully saturated rings. The van der Waals surface area contributed by atoms with Crippen molar-refractivity contribution in [1.82, 2.24) is 0 Å². The Morgan fingerprint density at radius 2 is 1.69 bits per heavy atom. The van der Waals surface area contributed by atoms with Crippen molar-refractivity contribution in [2.45, 2.75) is 120 Å². The van der Waals surface area contributed by atoms with E-state index in [0.717, 1.165) is 29.6 Å². The highest BCUT2D eigenvalue weighted by molar-refractivity contribution is 5.26. The quantitative estimate of drug-likeness (QED) is 0.416. The third-order valence-corrected chi connectivity index (χ3v) is 10.7. The summed E-state index contributed by atoms with van der Waals surface area (Å²) in [6.07, 6.45) is 17.3. The SMILES string of the molecule is C[C@H](CCC(C)(C)C)[C@H]1CC[C@H]2[C@@H]3CC=C4CC(C)(C)CC[C@]4(C)[C@H]3CC[C@]12C. The minimum absolute atomic E-state index is 0.485.